The van der Waals surface area contributed by atoms with Crippen LogP contribution in [0.5, 0.6) is 5.19 Å². The Hall–Kier alpha value is -1.18. The molecule has 0 saturated carbocycles. The highest BCUT2D eigenvalue weighted by atomic mass is 32.1. The molecular formula is C14H24N2O4S. The first kappa shape index (κ1) is 17.9. The second-order valence-corrected chi connectivity index (χ2v) is 6.04. The Bertz CT molecular complexity index is 425. The van der Waals surface area contributed by atoms with Crippen molar-refractivity contribution in [2.45, 2.75) is 39.2 Å². The Balaban J connectivity index is 2.30. The van der Waals surface area contributed by atoms with Gasteiger partial charge in [-0.05, 0) is 18.8 Å². The van der Waals surface area contributed by atoms with Crippen molar-refractivity contribution in [2.24, 2.45) is 5.92 Å². The maximum atomic E-state index is 11.9. The van der Waals surface area contributed by atoms with Crippen molar-refractivity contribution in [3.63, 3.8) is 0 Å². The van der Waals surface area contributed by atoms with E-state index in [2.05, 4.69) is 24.1 Å². The summed E-state index contributed by atoms with van der Waals surface area (Å²) in [5, 5.41) is 21.0. The van der Waals surface area contributed by atoms with Crippen LogP contribution in [0.4, 0.5) is 0 Å². The molecule has 0 aliphatic carbocycles. The van der Waals surface area contributed by atoms with E-state index in [0.717, 1.165) is 30.6 Å². The summed E-state index contributed by atoms with van der Waals surface area (Å²) in [4.78, 5) is 16.3. The molecule has 7 heteroatoms. The smallest absolute Gasteiger partial charge is 0.273 e. The van der Waals surface area contributed by atoms with Gasteiger partial charge in [0.15, 0.2) is 0 Å². The van der Waals surface area contributed by atoms with E-state index in [0.29, 0.717) is 22.5 Å². The van der Waals surface area contributed by atoms with Crippen molar-refractivity contribution in [2.75, 3.05) is 19.8 Å². The zero-order valence-electron chi connectivity index (χ0n) is 12.5. The zero-order chi connectivity index (χ0) is 15.7. The van der Waals surface area contributed by atoms with Gasteiger partial charge in [0.2, 0.25) is 0 Å². The molecule has 6 nitrogen and oxygen atoms in total. The largest absolute Gasteiger partial charge is 0.467 e. The van der Waals surface area contributed by atoms with E-state index >= 15 is 0 Å². The molecular weight excluding hydrogens is 292 g/mol. The van der Waals surface area contributed by atoms with Gasteiger partial charge in [-0.2, -0.15) is 0 Å². The first-order chi connectivity index (χ1) is 10.1. The van der Waals surface area contributed by atoms with Gasteiger partial charge in [-0.3, -0.25) is 4.79 Å². The van der Waals surface area contributed by atoms with E-state index in [9.17, 15) is 4.79 Å². The number of aliphatic hydroxyl groups excluding tert-OH is 2. The van der Waals surface area contributed by atoms with Crippen LogP contribution in [0.25, 0.3) is 0 Å². The number of hydrogen-bond donors (Lipinski definition) is 3. The normalized spacial score (nSPS) is 13.7. The molecule has 0 fully saturated rings. The van der Waals surface area contributed by atoms with Gasteiger partial charge in [-0.25, -0.2) is 4.98 Å². The van der Waals surface area contributed by atoms with E-state index in [4.69, 9.17) is 14.9 Å². The van der Waals surface area contributed by atoms with Crippen LogP contribution >= 0.6 is 11.3 Å². The number of nitrogens with one attached hydrogen (secondary N) is 1. The van der Waals surface area contributed by atoms with Gasteiger partial charge in [0, 0.05) is 6.54 Å². The molecule has 1 rings (SSSR count). The first-order valence-corrected chi connectivity index (χ1v) is 8.04. The molecule has 120 valence electrons. The molecule has 1 aromatic rings. The lowest BCUT2D eigenvalue weighted by Gasteiger charge is -2.08. The molecule has 0 spiro atoms. The molecule has 0 aromatic carbocycles. The fourth-order valence-electron chi connectivity index (χ4n) is 1.59. The molecule has 0 aliphatic heterocycles. The molecule has 1 amide bonds. The van der Waals surface area contributed by atoms with Crippen molar-refractivity contribution >= 4 is 17.2 Å². The minimum absolute atomic E-state index is 0.0417. The van der Waals surface area contributed by atoms with Crippen molar-refractivity contribution in [3.8, 4) is 5.19 Å². The van der Waals surface area contributed by atoms with E-state index in [1.165, 1.54) is 6.20 Å². The first-order valence-electron chi connectivity index (χ1n) is 7.22. The Morgan fingerprint density at radius 2 is 2.33 bits per heavy atom. The molecule has 0 radical (unpaired) electrons. The molecule has 2 atom stereocenters. The highest BCUT2D eigenvalue weighted by Gasteiger charge is 2.12. The quantitative estimate of drug-likeness (QED) is 0.568. The lowest BCUT2D eigenvalue weighted by atomic mass is 10.0. The van der Waals surface area contributed by atoms with Gasteiger partial charge in [0.1, 0.15) is 17.6 Å². The molecule has 1 heterocycles. The van der Waals surface area contributed by atoms with Crippen LogP contribution in [0.1, 0.15) is 42.8 Å². The van der Waals surface area contributed by atoms with Crippen LogP contribution in [0.3, 0.4) is 0 Å². The monoisotopic (exact) mass is 316 g/mol. The maximum Gasteiger partial charge on any atom is 0.273 e. The number of carbonyl (C=O) groups excluding carboxylic acids is 1. The van der Waals surface area contributed by atoms with Gasteiger partial charge in [-0.1, -0.05) is 31.6 Å². The van der Waals surface area contributed by atoms with Crippen LogP contribution in [-0.2, 0) is 0 Å². The Kier molecular flexibility index (Phi) is 8.26. The number of carbonyl (C=O) groups is 1. The predicted molar refractivity (Wildman–Crippen MR) is 81.7 cm³/mol. The van der Waals surface area contributed by atoms with Crippen LogP contribution < -0.4 is 10.1 Å². The number of aliphatic hydroxyl groups is 2. The summed E-state index contributed by atoms with van der Waals surface area (Å²) in [5.74, 6) is 0.525. The van der Waals surface area contributed by atoms with Crippen LogP contribution in [0.15, 0.2) is 6.20 Å². The lowest BCUT2D eigenvalue weighted by molar-refractivity contribution is 0.0535. The van der Waals surface area contributed by atoms with E-state index in [1.807, 2.05) is 0 Å². The fourth-order valence-corrected chi connectivity index (χ4v) is 2.28. The van der Waals surface area contributed by atoms with Crippen molar-refractivity contribution in [3.05, 3.63) is 11.1 Å². The van der Waals surface area contributed by atoms with Gasteiger partial charge in [0.25, 0.3) is 11.1 Å². The SMILES string of the molecule is CCC(C)CCCNC(=O)c1cnc(OCC(O)CO)s1. The Morgan fingerprint density at radius 3 is 3.00 bits per heavy atom. The van der Waals surface area contributed by atoms with Crippen molar-refractivity contribution in [1.82, 2.24) is 10.3 Å². The summed E-state index contributed by atoms with van der Waals surface area (Å²) in [5.41, 5.74) is 0. The fraction of sp³-hybridized carbons (Fsp3) is 0.714. The summed E-state index contributed by atoms with van der Waals surface area (Å²) in [7, 11) is 0. The Morgan fingerprint density at radius 1 is 1.57 bits per heavy atom. The number of amides is 1. The maximum absolute atomic E-state index is 11.9. The Labute approximate surface area is 129 Å². The number of aromatic nitrogens is 1. The highest BCUT2D eigenvalue weighted by molar-refractivity contribution is 7.15. The average Bonchev–Trinajstić information content (AvgIpc) is 2.97. The zero-order valence-corrected chi connectivity index (χ0v) is 13.4. The van der Waals surface area contributed by atoms with Gasteiger partial charge in [0.05, 0.1) is 12.8 Å². The van der Waals surface area contributed by atoms with Crippen molar-refractivity contribution in [1.29, 1.82) is 0 Å². The third kappa shape index (κ3) is 6.88. The molecule has 2 unspecified atom stereocenters. The molecule has 0 aliphatic rings. The van der Waals surface area contributed by atoms with Crippen LogP contribution in [0.2, 0.25) is 0 Å². The topological polar surface area (TPSA) is 91.7 Å². The van der Waals surface area contributed by atoms with Gasteiger partial charge < -0.3 is 20.3 Å². The number of hydrogen-bond acceptors (Lipinski definition) is 6. The van der Waals surface area contributed by atoms with E-state index < -0.39 is 6.10 Å². The second-order valence-electron chi connectivity index (χ2n) is 5.05. The number of thiazole rings is 1. The summed E-state index contributed by atoms with van der Waals surface area (Å²) < 4.78 is 5.18. The molecule has 0 saturated heterocycles. The number of rotatable bonds is 10. The van der Waals surface area contributed by atoms with Crippen molar-refractivity contribution < 1.29 is 19.7 Å². The summed E-state index contributed by atoms with van der Waals surface area (Å²) in [6.45, 7) is 4.61. The predicted octanol–water partition coefficient (Wildman–Crippen LogP) is 1.43. The minimum atomic E-state index is -0.938. The second kappa shape index (κ2) is 9.70. The molecule has 1 aromatic heterocycles. The molecule has 21 heavy (non-hydrogen) atoms. The van der Waals surface area contributed by atoms with E-state index in [1.54, 1.807) is 0 Å². The standard InChI is InChI=1S/C14H24N2O4S/c1-3-10(2)5-4-6-15-13(19)12-7-16-14(21-12)20-9-11(18)8-17/h7,10-11,17-18H,3-6,8-9H2,1-2H3,(H,15,19). The number of nitrogens with zero attached hydrogens (tertiary/aromatic N) is 1. The summed E-state index contributed by atoms with van der Waals surface area (Å²) in [6, 6.07) is 0. The molecule has 0 bridgehead atoms. The van der Waals surface area contributed by atoms with Crippen LogP contribution in [0, 0.1) is 5.92 Å². The van der Waals surface area contributed by atoms with E-state index in [-0.39, 0.29) is 19.1 Å². The highest BCUT2D eigenvalue weighted by Crippen LogP contribution is 2.20. The molecule has 3 N–H and O–H groups in total. The summed E-state index contributed by atoms with van der Waals surface area (Å²) in [6.07, 6.45) is 3.74. The third-order valence-electron chi connectivity index (χ3n) is 3.17. The average molecular weight is 316 g/mol. The minimum Gasteiger partial charge on any atom is -0.467 e. The lowest BCUT2D eigenvalue weighted by Crippen LogP contribution is -2.23. The summed E-state index contributed by atoms with van der Waals surface area (Å²) >= 11 is 1.12. The number of ether oxygens (including phenoxy) is 1. The van der Waals surface area contributed by atoms with Crippen LogP contribution in [-0.4, -0.2) is 47.0 Å². The van der Waals surface area contributed by atoms with Gasteiger partial charge >= 0.3 is 0 Å². The third-order valence-corrected chi connectivity index (χ3v) is 4.08. The van der Waals surface area contributed by atoms with Gasteiger partial charge in [-0.15, -0.1) is 0 Å².